The van der Waals surface area contributed by atoms with Gasteiger partial charge in [-0.25, -0.2) is 4.39 Å². The molecule has 20 heavy (non-hydrogen) atoms. The summed E-state index contributed by atoms with van der Waals surface area (Å²) in [4.78, 5) is 16.0. The summed E-state index contributed by atoms with van der Waals surface area (Å²) < 4.78 is 18.5. The molecule has 1 unspecified atom stereocenters. The van der Waals surface area contributed by atoms with Crippen molar-refractivity contribution in [3.63, 3.8) is 0 Å². The lowest BCUT2D eigenvalue weighted by Crippen LogP contribution is -2.19. The van der Waals surface area contributed by atoms with Crippen molar-refractivity contribution in [3.8, 4) is 0 Å². The Labute approximate surface area is 116 Å². The van der Waals surface area contributed by atoms with Crippen LogP contribution in [-0.4, -0.2) is 17.4 Å². The number of Topliss-reactive ketones (excluding diaryl/α,β-unsaturated/α-hetero) is 1. The summed E-state index contributed by atoms with van der Waals surface area (Å²) in [5.74, 6) is -0.576. The minimum Gasteiger partial charge on any atom is -0.373 e. The van der Waals surface area contributed by atoms with Gasteiger partial charge in [0, 0.05) is 6.42 Å². The Balaban J connectivity index is 1.79. The van der Waals surface area contributed by atoms with Crippen molar-refractivity contribution < 1.29 is 13.9 Å². The van der Waals surface area contributed by atoms with E-state index in [0.717, 1.165) is 18.2 Å². The molecule has 0 saturated heterocycles. The molecule has 0 radical (unpaired) electrons. The number of carbonyl (C=O) groups is 1. The molecule has 3 rings (SSSR count). The number of pyridine rings is 1. The number of benzene rings is 1. The smallest absolute Gasteiger partial charge is 0.184 e. The van der Waals surface area contributed by atoms with Crippen molar-refractivity contribution in [1.29, 1.82) is 0 Å². The number of aromatic nitrogens is 1. The molecule has 1 atom stereocenters. The molecule has 1 aliphatic rings. The van der Waals surface area contributed by atoms with Gasteiger partial charge in [0.05, 0.1) is 18.9 Å². The molecule has 0 saturated carbocycles. The first-order valence-electron chi connectivity index (χ1n) is 6.58. The first-order valence-corrected chi connectivity index (χ1v) is 6.58. The van der Waals surface area contributed by atoms with Crippen molar-refractivity contribution >= 4 is 5.78 Å². The molecular weight excluding hydrogens is 257 g/mol. The number of nitrogens with zero attached hydrogens (tertiary/aromatic N) is 1. The van der Waals surface area contributed by atoms with Crippen LogP contribution in [0.15, 0.2) is 42.6 Å². The third-order valence-electron chi connectivity index (χ3n) is 3.48. The molecule has 3 nitrogen and oxygen atoms in total. The molecule has 4 heteroatoms. The first-order chi connectivity index (χ1) is 9.74. The largest absolute Gasteiger partial charge is 0.373 e. The summed E-state index contributed by atoms with van der Waals surface area (Å²) in [7, 11) is 0. The van der Waals surface area contributed by atoms with E-state index in [1.165, 1.54) is 17.7 Å². The zero-order chi connectivity index (χ0) is 13.9. The number of ketones is 1. The summed E-state index contributed by atoms with van der Waals surface area (Å²) in [6.07, 6.45) is 1.92. The predicted molar refractivity (Wildman–Crippen MR) is 72.0 cm³/mol. The summed E-state index contributed by atoms with van der Waals surface area (Å²) in [6.45, 7) is 0.617. The predicted octanol–water partition coefficient (Wildman–Crippen LogP) is 3.11. The fourth-order valence-corrected chi connectivity index (χ4v) is 2.46. The summed E-state index contributed by atoms with van der Waals surface area (Å²) >= 11 is 0. The van der Waals surface area contributed by atoms with E-state index in [9.17, 15) is 9.18 Å². The quantitative estimate of drug-likeness (QED) is 0.805. The van der Waals surface area contributed by atoms with Crippen LogP contribution < -0.4 is 0 Å². The maximum absolute atomic E-state index is 12.8. The van der Waals surface area contributed by atoms with Gasteiger partial charge in [-0.15, -0.1) is 0 Å². The Kier molecular flexibility index (Phi) is 3.56. The van der Waals surface area contributed by atoms with Crippen LogP contribution in [-0.2, 0) is 11.2 Å². The van der Waals surface area contributed by atoms with Crippen molar-refractivity contribution in [1.82, 2.24) is 4.98 Å². The number of ether oxygens (including phenoxy) is 1. The average Bonchev–Trinajstić information content (AvgIpc) is 2.48. The SMILES string of the molecule is O=C(CC1OCCc2ccccc21)c1ccc(F)cn1. The maximum Gasteiger partial charge on any atom is 0.184 e. The second kappa shape index (κ2) is 5.51. The van der Waals surface area contributed by atoms with E-state index < -0.39 is 5.82 Å². The number of rotatable bonds is 3. The third kappa shape index (κ3) is 2.60. The Hall–Kier alpha value is -2.07. The minimum atomic E-state index is -0.444. The second-order valence-electron chi connectivity index (χ2n) is 4.80. The lowest BCUT2D eigenvalue weighted by Gasteiger charge is -2.25. The van der Waals surface area contributed by atoms with E-state index in [0.29, 0.717) is 6.61 Å². The molecule has 0 aliphatic carbocycles. The van der Waals surface area contributed by atoms with Crippen LogP contribution in [0.1, 0.15) is 34.1 Å². The van der Waals surface area contributed by atoms with Crippen LogP contribution in [0.4, 0.5) is 4.39 Å². The van der Waals surface area contributed by atoms with Crippen LogP contribution in [0, 0.1) is 5.82 Å². The number of halogens is 1. The fourth-order valence-electron chi connectivity index (χ4n) is 2.46. The van der Waals surface area contributed by atoms with E-state index in [1.54, 1.807) is 0 Å². The summed E-state index contributed by atoms with van der Waals surface area (Å²) in [6, 6.07) is 10.6. The van der Waals surface area contributed by atoms with E-state index in [2.05, 4.69) is 11.1 Å². The van der Waals surface area contributed by atoms with E-state index in [-0.39, 0.29) is 24.0 Å². The van der Waals surface area contributed by atoms with Gasteiger partial charge in [-0.2, -0.15) is 0 Å². The Morgan fingerprint density at radius 2 is 2.15 bits per heavy atom. The topological polar surface area (TPSA) is 39.2 Å². The van der Waals surface area contributed by atoms with Crippen LogP contribution >= 0.6 is 0 Å². The summed E-state index contributed by atoms with van der Waals surface area (Å²) in [5.41, 5.74) is 2.57. The molecule has 0 bridgehead atoms. The highest BCUT2D eigenvalue weighted by atomic mass is 19.1. The van der Waals surface area contributed by atoms with Crippen molar-refractivity contribution in [2.45, 2.75) is 18.9 Å². The van der Waals surface area contributed by atoms with Gasteiger partial charge >= 0.3 is 0 Å². The molecule has 0 fully saturated rings. The lowest BCUT2D eigenvalue weighted by molar-refractivity contribution is 0.0350. The minimum absolute atomic E-state index is 0.133. The standard InChI is InChI=1S/C16H14FNO2/c17-12-5-6-14(18-10-12)15(19)9-16-13-4-2-1-3-11(13)7-8-20-16/h1-6,10,16H,7-9H2. The van der Waals surface area contributed by atoms with Gasteiger partial charge in [-0.3, -0.25) is 9.78 Å². The van der Waals surface area contributed by atoms with Crippen molar-refractivity contribution in [2.75, 3.05) is 6.61 Å². The maximum atomic E-state index is 12.8. The molecule has 0 N–H and O–H groups in total. The third-order valence-corrected chi connectivity index (χ3v) is 3.48. The van der Waals surface area contributed by atoms with E-state index in [1.807, 2.05) is 18.2 Å². The van der Waals surface area contributed by atoms with Gasteiger partial charge in [0.2, 0.25) is 0 Å². The molecule has 0 amide bonds. The van der Waals surface area contributed by atoms with Gasteiger partial charge < -0.3 is 4.74 Å². The molecular formula is C16H14FNO2. The molecule has 1 aliphatic heterocycles. The van der Waals surface area contributed by atoms with E-state index >= 15 is 0 Å². The van der Waals surface area contributed by atoms with Crippen molar-refractivity contribution in [3.05, 3.63) is 65.2 Å². The fraction of sp³-hybridized carbons (Fsp3) is 0.250. The van der Waals surface area contributed by atoms with Crippen LogP contribution in [0.3, 0.4) is 0 Å². The van der Waals surface area contributed by atoms with Crippen LogP contribution in [0.25, 0.3) is 0 Å². The number of hydrogen-bond acceptors (Lipinski definition) is 3. The van der Waals surface area contributed by atoms with Gasteiger partial charge in [-0.1, -0.05) is 24.3 Å². The zero-order valence-corrected chi connectivity index (χ0v) is 10.9. The molecule has 0 spiro atoms. The van der Waals surface area contributed by atoms with Gasteiger partial charge in [-0.05, 0) is 29.7 Å². The molecule has 2 aromatic rings. The number of fused-ring (bicyclic) bond motifs is 1. The molecule has 2 heterocycles. The highest BCUT2D eigenvalue weighted by Gasteiger charge is 2.24. The van der Waals surface area contributed by atoms with E-state index in [4.69, 9.17) is 4.74 Å². The highest BCUT2D eigenvalue weighted by molar-refractivity contribution is 5.94. The number of hydrogen-bond donors (Lipinski definition) is 0. The Morgan fingerprint density at radius 3 is 2.95 bits per heavy atom. The second-order valence-corrected chi connectivity index (χ2v) is 4.80. The lowest BCUT2D eigenvalue weighted by atomic mass is 9.94. The molecule has 102 valence electrons. The van der Waals surface area contributed by atoms with Gasteiger partial charge in [0.1, 0.15) is 11.5 Å². The highest BCUT2D eigenvalue weighted by Crippen LogP contribution is 2.30. The summed E-state index contributed by atoms with van der Waals surface area (Å²) in [5, 5.41) is 0. The van der Waals surface area contributed by atoms with Gasteiger partial charge in [0.25, 0.3) is 0 Å². The van der Waals surface area contributed by atoms with Crippen LogP contribution in [0.2, 0.25) is 0 Å². The van der Waals surface area contributed by atoms with Gasteiger partial charge in [0.15, 0.2) is 5.78 Å². The Bertz CT molecular complexity index is 625. The van der Waals surface area contributed by atoms with Crippen molar-refractivity contribution in [2.24, 2.45) is 0 Å². The Morgan fingerprint density at radius 1 is 1.30 bits per heavy atom. The number of carbonyl (C=O) groups excluding carboxylic acids is 1. The molecule has 1 aromatic carbocycles. The average molecular weight is 271 g/mol. The monoisotopic (exact) mass is 271 g/mol. The first kappa shape index (κ1) is 12.9. The normalized spacial score (nSPS) is 17.6. The zero-order valence-electron chi connectivity index (χ0n) is 10.9. The molecule has 1 aromatic heterocycles. The van der Waals surface area contributed by atoms with Crippen LogP contribution in [0.5, 0.6) is 0 Å².